The van der Waals surface area contributed by atoms with E-state index in [-0.39, 0.29) is 0 Å². The van der Waals surface area contributed by atoms with Gasteiger partial charge >= 0.3 is 0 Å². The van der Waals surface area contributed by atoms with Crippen molar-refractivity contribution in [3.63, 3.8) is 0 Å². The summed E-state index contributed by atoms with van der Waals surface area (Å²) in [5.74, 6) is 3.58. The molecule has 0 heterocycles. The summed E-state index contributed by atoms with van der Waals surface area (Å²) in [6.45, 7) is 0.587. The van der Waals surface area contributed by atoms with E-state index in [1.165, 1.54) is 0 Å². The molecule has 0 unspecified atom stereocenters. The predicted octanol–water partition coefficient (Wildman–Crippen LogP) is 2.66. The van der Waals surface area contributed by atoms with Crippen LogP contribution in [0.25, 0.3) is 0 Å². The molecular weight excluding hydrogens is 172 g/mol. The van der Waals surface area contributed by atoms with Crippen molar-refractivity contribution in [1.29, 1.82) is 0 Å². The molecule has 2 heteroatoms. The Morgan fingerprint density at radius 3 is 2.67 bits per heavy atom. The first-order valence-electron chi connectivity index (χ1n) is 3.70. The number of halogens is 1. The smallest absolute Gasteiger partial charge is 0.119 e. The Bertz CT molecular complexity index is 271. The van der Waals surface area contributed by atoms with Crippen molar-refractivity contribution in [2.24, 2.45) is 0 Å². The summed E-state index contributed by atoms with van der Waals surface area (Å²) >= 11 is 5.17. The summed E-state index contributed by atoms with van der Waals surface area (Å²) in [7, 11) is 0. The minimum absolute atomic E-state index is 0.587. The van der Waals surface area contributed by atoms with Crippen molar-refractivity contribution in [2.75, 3.05) is 6.61 Å². The lowest BCUT2D eigenvalue weighted by Crippen LogP contribution is -1.94. The quantitative estimate of drug-likeness (QED) is 0.513. The van der Waals surface area contributed by atoms with Gasteiger partial charge in [-0.1, -0.05) is 24.1 Å². The molecule has 1 aromatic rings. The number of rotatable bonds is 3. The van der Waals surface area contributed by atoms with E-state index in [1.807, 2.05) is 30.3 Å². The lowest BCUT2D eigenvalue weighted by atomic mass is 10.3. The molecule has 0 fully saturated rings. The van der Waals surface area contributed by atoms with Gasteiger partial charge in [-0.25, -0.2) is 0 Å². The lowest BCUT2D eigenvalue weighted by Gasteiger charge is -2.01. The van der Waals surface area contributed by atoms with Crippen molar-refractivity contribution in [1.82, 2.24) is 0 Å². The van der Waals surface area contributed by atoms with E-state index < -0.39 is 0 Å². The molecule has 0 saturated heterocycles. The fraction of sp³-hybridized carbons (Fsp3) is 0.200. The maximum Gasteiger partial charge on any atom is 0.119 e. The fourth-order valence-corrected chi connectivity index (χ4v) is 0.878. The minimum atomic E-state index is 0.587. The SMILES string of the molecule is ClC#CCCOc1ccccc1. The standard InChI is InChI=1S/C10H9ClO/c11-8-4-5-9-12-10-6-2-1-3-7-10/h1-3,6-7H,5,9H2. The van der Waals surface area contributed by atoms with Gasteiger partial charge in [-0.05, 0) is 23.7 Å². The first-order chi connectivity index (χ1) is 5.93. The normalized spacial score (nSPS) is 8.42. The molecule has 0 amide bonds. The van der Waals surface area contributed by atoms with E-state index in [2.05, 4.69) is 11.3 Å². The number of hydrogen-bond donors (Lipinski definition) is 0. The molecule has 1 nitrogen and oxygen atoms in total. The topological polar surface area (TPSA) is 9.23 Å². The van der Waals surface area contributed by atoms with E-state index in [0.29, 0.717) is 13.0 Å². The predicted molar refractivity (Wildman–Crippen MR) is 50.2 cm³/mol. The second kappa shape index (κ2) is 5.51. The Morgan fingerprint density at radius 2 is 2.00 bits per heavy atom. The zero-order chi connectivity index (χ0) is 8.65. The van der Waals surface area contributed by atoms with Gasteiger partial charge in [0.05, 0.1) is 6.61 Å². The molecule has 62 valence electrons. The van der Waals surface area contributed by atoms with Crippen LogP contribution in [0.4, 0.5) is 0 Å². The highest BCUT2D eigenvalue weighted by Crippen LogP contribution is 2.07. The average Bonchev–Trinajstić information content (AvgIpc) is 2.14. The molecule has 0 N–H and O–H groups in total. The van der Waals surface area contributed by atoms with E-state index in [1.54, 1.807) is 0 Å². The third kappa shape index (κ3) is 3.32. The van der Waals surface area contributed by atoms with Crippen LogP contribution < -0.4 is 4.74 Å². The molecule has 0 aromatic heterocycles. The summed E-state index contributed by atoms with van der Waals surface area (Å²) < 4.78 is 5.35. The third-order valence-corrected chi connectivity index (χ3v) is 1.44. The molecule has 0 atom stereocenters. The van der Waals surface area contributed by atoms with Gasteiger partial charge in [0.25, 0.3) is 0 Å². The van der Waals surface area contributed by atoms with Crippen LogP contribution in [-0.4, -0.2) is 6.61 Å². The van der Waals surface area contributed by atoms with Crippen LogP contribution in [0.2, 0.25) is 0 Å². The molecule has 0 aliphatic carbocycles. The zero-order valence-corrected chi connectivity index (χ0v) is 7.34. The molecule has 0 radical (unpaired) electrons. The summed E-state index contributed by atoms with van der Waals surface area (Å²) in [5.41, 5.74) is 0. The van der Waals surface area contributed by atoms with Crippen LogP contribution in [0, 0.1) is 11.3 Å². The van der Waals surface area contributed by atoms with Gasteiger partial charge in [0.2, 0.25) is 0 Å². The second-order valence-corrected chi connectivity index (χ2v) is 2.37. The Balaban J connectivity index is 2.27. The first kappa shape index (κ1) is 8.96. The molecule has 0 aliphatic heterocycles. The Labute approximate surface area is 77.3 Å². The van der Waals surface area contributed by atoms with E-state index >= 15 is 0 Å². The van der Waals surface area contributed by atoms with Crippen molar-refractivity contribution in [3.05, 3.63) is 30.3 Å². The van der Waals surface area contributed by atoms with Gasteiger partial charge < -0.3 is 4.74 Å². The average molecular weight is 181 g/mol. The van der Waals surface area contributed by atoms with Crippen LogP contribution >= 0.6 is 11.6 Å². The minimum Gasteiger partial charge on any atom is -0.493 e. The summed E-state index contributed by atoms with van der Waals surface area (Å²) in [4.78, 5) is 0. The summed E-state index contributed by atoms with van der Waals surface area (Å²) in [6.07, 6.45) is 0.665. The van der Waals surface area contributed by atoms with Crippen LogP contribution in [0.5, 0.6) is 5.75 Å². The van der Waals surface area contributed by atoms with Crippen LogP contribution in [0.3, 0.4) is 0 Å². The Kier molecular flexibility index (Phi) is 4.12. The Morgan fingerprint density at radius 1 is 1.25 bits per heavy atom. The van der Waals surface area contributed by atoms with Crippen molar-refractivity contribution < 1.29 is 4.74 Å². The van der Waals surface area contributed by atoms with E-state index in [9.17, 15) is 0 Å². The van der Waals surface area contributed by atoms with Crippen molar-refractivity contribution in [2.45, 2.75) is 6.42 Å². The van der Waals surface area contributed by atoms with Crippen molar-refractivity contribution >= 4 is 11.6 Å². The van der Waals surface area contributed by atoms with Gasteiger partial charge in [-0.2, -0.15) is 0 Å². The molecule has 0 saturated carbocycles. The van der Waals surface area contributed by atoms with Gasteiger partial charge in [0, 0.05) is 11.8 Å². The summed E-state index contributed by atoms with van der Waals surface area (Å²) in [5, 5.41) is 2.30. The van der Waals surface area contributed by atoms with Crippen molar-refractivity contribution in [3.8, 4) is 17.0 Å². The molecule has 12 heavy (non-hydrogen) atoms. The molecule has 0 aliphatic rings. The largest absolute Gasteiger partial charge is 0.493 e. The first-order valence-corrected chi connectivity index (χ1v) is 4.07. The number of hydrogen-bond acceptors (Lipinski definition) is 1. The van der Waals surface area contributed by atoms with Gasteiger partial charge in [0.1, 0.15) is 5.75 Å². The maximum atomic E-state index is 5.35. The lowest BCUT2D eigenvalue weighted by molar-refractivity contribution is 0.327. The molecule has 1 aromatic carbocycles. The van der Waals surface area contributed by atoms with Gasteiger partial charge in [-0.3, -0.25) is 0 Å². The fourth-order valence-electron chi connectivity index (χ4n) is 0.784. The zero-order valence-electron chi connectivity index (χ0n) is 6.59. The van der Waals surface area contributed by atoms with Gasteiger partial charge in [0.15, 0.2) is 0 Å². The number of para-hydroxylation sites is 1. The third-order valence-electron chi connectivity index (χ3n) is 1.31. The molecular formula is C10H9ClO. The number of benzene rings is 1. The maximum absolute atomic E-state index is 5.35. The van der Waals surface area contributed by atoms with Crippen LogP contribution in [0.1, 0.15) is 6.42 Å². The van der Waals surface area contributed by atoms with Gasteiger partial charge in [-0.15, -0.1) is 0 Å². The highest BCUT2D eigenvalue weighted by Gasteiger charge is 1.87. The number of ether oxygens (including phenoxy) is 1. The second-order valence-electron chi connectivity index (χ2n) is 2.18. The monoisotopic (exact) mass is 180 g/mol. The Hall–Kier alpha value is -1.13. The van der Waals surface area contributed by atoms with E-state index in [0.717, 1.165) is 5.75 Å². The highest BCUT2D eigenvalue weighted by molar-refractivity contribution is 6.30. The summed E-state index contributed by atoms with van der Waals surface area (Å²) in [6, 6.07) is 9.64. The molecule has 1 rings (SSSR count). The molecule has 0 spiro atoms. The highest BCUT2D eigenvalue weighted by atomic mass is 35.5. The van der Waals surface area contributed by atoms with E-state index in [4.69, 9.17) is 16.3 Å². The van der Waals surface area contributed by atoms with Crippen LogP contribution in [0.15, 0.2) is 30.3 Å². The van der Waals surface area contributed by atoms with Crippen LogP contribution in [-0.2, 0) is 0 Å². The molecule has 0 bridgehead atoms.